The standard InChI is InChI=1S/C17H23IN2O4/c1-17(2,3)24-15(21)19-14-13(18)9-10-20(14)16(22)23-11-12-7-5-4-6-8-12/h4-8,13-14H,9-11H2,1-3H3,(H,19,21). The van der Waals surface area contributed by atoms with Crippen molar-refractivity contribution in [1.29, 1.82) is 0 Å². The number of carbonyl (C=O) groups is 2. The number of benzene rings is 1. The van der Waals surface area contributed by atoms with Gasteiger partial charge >= 0.3 is 12.2 Å². The molecule has 0 aromatic heterocycles. The maximum atomic E-state index is 12.3. The fourth-order valence-electron chi connectivity index (χ4n) is 2.36. The summed E-state index contributed by atoms with van der Waals surface area (Å²) in [4.78, 5) is 25.9. The fourth-order valence-corrected chi connectivity index (χ4v) is 3.20. The molecule has 1 saturated heterocycles. The lowest BCUT2D eigenvalue weighted by Gasteiger charge is -2.28. The lowest BCUT2D eigenvalue weighted by Crippen LogP contribution is -2.51. The van der Waals surface area contributed by atoms with Gasteiger partial charge in [0.2, 0.25) is 0 Å². The minimum Gasteiger partial charge on any atom is -0.444 e. The monoisotopic (exact) mass is 446 g/mol. The van der Waals surface area contributed by atoms with Gasteiger partial charge in [-0.15, -0.1) is 0 Å². The van der Waals surface area contributed by atoms with Crippen LogP contribution in [0.25, 0.3) is 0 Å². The van der Waals surface area contributed by atoms with Crippen molar-refractivity contribution in [1.82, 2.24) is 10.2 Å². The lowest BCUT2D eigenvalue weighted by molar-refractivity contribution is 0.0431. The molecule has 7 heteroatoms. The minimum atomic E-state index is -0.581. The summed E-state index contributed by atoms with van der Waals surface area (Å²) in [5.74, 6) is 0. The molecule has 1 aromatic rings. The number of hydrogen-bond acceptors (Lipinski definition) is 4. The molecule has 1 N–H and O–H groups in total. The Balaban J connectivity index is 1.92. The van der Waals surface area contributed by atoms with E-state index < -0.39 is 24.0 Å². The number of rotatable bonds is 3. The van der Waals surface area contributed by atoms with Gasteiger partial charge in [0.05, 0.1) is 3.92 Å². The fraction of sp³-hybridized carbons (Fsp3) is 0.529. The van der Waals surface area contributed by atoms with Crippen LogP contribution in [-0.2, 0) is 16.1 Å². The number of nitrogens with one attached hydrogen (secondary N) is 1. The van der Waals surface area contributed by atoms with Crippen LogP contribution in [0.1, 0.15) is 32.8 Å². The summed E-state index contributed by atoms with van der Waals surface area (Å²) in [6.45, 7) is 6.15. The third-order valence-electron chi connectivity index (χ3n) is 3.43. The first-order valence-electron chi connectivity index (χ1n) is 7.87. The summed E-state index contributed by atoms with van der Waals surface area (Å²) >= 11 is 2.23. The molecule has 2 rings (SSSR count). The molecule has 2 atom stereocenters. The van der Waals surface area contributed by atoms with Gasteiger partial charge in [0.25, 0.3) is 0 Å². The third kappa shape index (κ3) is 5.54. The van der Waals surface area contributed by atoms with Gasteiger partial charge in [-0.25, -0.2) is 9.59 Å². The van der Waals surface area contributed by atoms with Gasteiger partial charge in [0, 0.05) is 6.54 Å². The van der Waals surface area contributed by atoms with Crippen LogP contribution >= 0.6 is 22.6 Å². The summed E-state index contributed by atoms with van der Waals surface area (Å²) in [7, 11) is 0. The Morgan fingerprint density at radius 3 is 2.58 bits per heavy atom. The van der Waals surface area contributed by atoms with E-state index in [1.54, 1.807) is 25.7 Å². The number of alkyl carbamates (subject to hydrolysis) is 1. The van der Waals surface area contributed by atoms with E-state index >= 15 is 0 Å². The molecular formula is C17H23IN2O4. The molecular weight excluding hydrogens is 423 g/mol. The second kappa shape index (κ2) is 8.04. The normalized spacial score (nSPS) is 20.6. The molecule has 132 valence electrons. The number of nitrogens with zero attached hydrogens (tertiary/aromatic N) is 1. The highest BCUT2D eigenvalue weighted by molar-refractivity contribution is 14.1. The van der Waals surface area contributed by atoms with Gasteiger partial charge in [-0.05, 0) is 32.8 Å². The Labute approximate surface area is 156 Å². The molecule has 24 heavy (non-hydrogen) atoms. The van der Waals surface area contributed by atoms with Gasteiger partial charge in [-0.3, -0.25) is 10.2 Å². The number of carbonyl (C=O) groups excluding carboxylic acids is 2. The summed E-state index contributed by atoms with van der Waals surface area (Å²) in [6, 6.07) is 9.50. The molecule has 1 fully saturated rings. The van der Waals surface area contributed by atoms with Crippen LogP contribution in [0, 0.1) is 0 Å². The van der Waals surface area contributed by atoms with Crippen LogP contribution in [-0.4, -0.2) is 39.3 Å². The number of hydrogen-bond donors (Lipinski definition) is 1. The molecule has 2 unspecified atom stereocenters. The zero-order valence-electron chi connectivity index (χ0n) is 14.1. The van der Waals surface area contributed by atoms with Gasteiger partial charge in [-0.2, -0.15) is 0 Å². The minimum absolute atomic E-state index is 0.111. The molecule has 1 heterocycles. The Morgan fingerprint density at radius 1 is 1.29 bits per heavy atom. The van der Waals surface area contributed by atoms with E-state index in [9.17, 15) is 9.59 Å². The maximum absolute atomic E-state index is 12.3. The summed E-state index contributed by atoms with van der Waals surface area (Å²) < 4.78 is 10.7. The highest BCUT2D eigenvalue weighted by atomic mass is 127. The number of amides is 2. The topological polar surface area (TPSA) is 67.9 Å². The van der Waals surface area contributed by atoms with E-state index in [4.69, 9.17) is 9.47 Å². The number of likely N-dealkylation sites (tertiary alicyclic amines) is 1. The second-order valence-corrected chi connectivity index (χ2v) is 8.23. The second-order valence-electron chi connectivity index (χ2n) is 6.63. The van der Waals surface area contributed by atoms with Crippen molar-refractivity contribution in [3.63, 3.8) is 0 Å². The van der Waals surface area contributed by atoms with E-state index in [1.165, 1.54) is 0 Å². The number of halogens is 1. The van der Waals surface area contributed by atoms with Crippen molar-refractivity contribution in [3.8, 4) is 0 Å². The SMILES string of the molecule is CC(C)(C)OC(=O)NC1C(I)CCN1C(=O)OCc1ccccc1. The smallest absolute Gasteiger partial charge is 0.411 e. The molecule has 0 bridgehead atoms. The number of ether oxygens (including phenoxy) is 2. The van der Waals surface area contributed by atoms with Crippen molar-refractivity contribution in [2.75, 3.05) is 6.54 Å². The predicted molar refractivity (Wildman–Crippen MR) is 98.9 cm³/mol. The van der Waals surface area contributed by atoms with Gasteiger partial charge in [-0.1, -0.05) is 52.9 Å². The first-order valence-corrected chi connectivity index (χ1v) is 9.12. The zero-order valence-corrected chi connectivity index (χ0v) is 16.3. The van der Waals surface area contributed by atoms with Crippen molar-refractivity contribution in [3.05, 3.63) is 35.9 Å². The van der Waals surface area contributed by atoms with E-state index in [0.717, 1.165) is 12.0 Å². The molecule has 1 aromatic carbocycles. The van der Waals surface area contributed by atoms with Crippen molar-refractivity contribution in [2.45, 2.75) is 49.5 Å². The molecule has 0 spiro atoms. The highest BCUT2D eigenvalue weighted by Crippen LogP contribution is 2.24. The first-order chi connectivity index (χ1) is 11.3. The van der Waals surface area contributed by atoms with Crippen LogP contribution in [0.15, 0.2) is 30.3 Å². The highest BCUT2D eigenvalue weighted by Gasteiger charge is 2.38. The van der Waals surface area contributed by atoms with Gasteiger partial charge in [0.15, 0.2) is 0 Å². The number of alkyl halides is 1. The van der Waals surface area contributed by atoms with Crippen LogP contribution in [0.3, 0.4) is 0 Å². The molecule has 0 aliphatic carbocycles. The zero-order chi connectivity index (χ0) is 17.7. The molecule has 6 nitrogen and oxygen atoms in total. The van der Waals surface area contributed by atoms with E-state index in [0.29, 0.717) is 6.54 Å². The van der Waals surface area contributed by atoms with E-state index in [1.807, 2.05) is 30.3 Å². The average Bonchev–Trinajstić information content (AvgIpc) is 2.85. The Kier molecular flexibility index (Phi) is 6.31. The van der Waals surface area contributed by atoms with Crippen molar-refractivity contribution in [2.24, 2.45) is 0 Å². The lowest BCUT2D eigenvalue weighted by atomic mass is 10.2. The van der Waals surface area contributed by atoms with Crippen molar-refractivity contribution >= 4 is 34.8 Å². The van der Waals surface area contributed by atoms with E-state index in [2.05, 4.69) is 27.9 Å². The summed E-state index contributed by atoms with van der Waals surface area (Å²) in [6.07, 6.45) is -0.596. The Hall–Kier alpha value is -1.51. The van der Waals surface area contributed by atoms with Crippen LogP contribution in [0.4, 0.5) is 9.59 Å². The summed E-state index contributed by atoms with van der Waals surface area (Å²) in [5, 5.41) is 2.77. The quantitative estimate of drug-likeness (QED) is 0.568. The predicted octanol–water partition coefficient (Wildman–Crippen LogP) is 3.68. The van der Waals surface area contributed by atoms with Crippen LogP contribution in [0.5, 0.6) is 0 Å². The Bertz CT molecular complexity index is 574. The van der Waals surface area contributed by atoms with Gasteiger partial charge in [0.1, 0.15) is 18.4 Å². The maximum Gasteiger partial charge on any atom is 0.411 e. The van der Waals surface area contributed by atoms with Crippen molar-refractivity contribution < 1.29 is 19.1 Å². The molecule has 1 aliphatic heterocycles. The first kappa shape index (κ1) is 18.8. The summed E-state index contributed by atoms with van der Waals surface area (Å²) in [5.41, 5.74) is 0.343. The third-order valence-corrected chi connectivity index (χ3v) is 4.73. The van der Waals surface area contributed by atoms with Crippen LogP contribution < -0.4 is 5.32 Å². The largest absolute Gasteiger partial charge is 0.444 e. The van der Waals surface area contributed by atoms with Crippen LogP contribution in [0.2, 0.25) is 0 Å². The Morgan fingerprint density at radius 2 is 1.96 bits per heavy atom. The molecule has 2 amide bonds. The van der Waals surface area contributed by atoms with E-state index in [-0.39, 0.29) is 10.5 Å². The molecule has 1 aliphatic rings. The molecule has 0 saturated carbocycles. The van der Waals surface area contributed by atoms with Gasteiger partial charge < -0.3 is 9.47 Å². The average molecular weight is 446 g/mol. The molecule has 0 radical (unpaired) electrons.